The molecule has 0 radical (unpaired) electrons. The van der Waals surface area contributed by atoms with Crippen molar-refractivity contribution < 1.29 is 4.74 Å². The van der Waals surface area contributed by atoms with Gasteiger partial charge in [0.1, 0.15) is 0 Å². The molecule has 2 aliphatic heterocycles. The number of hydrogen-bond donors (Lipinski definition) is 2. The quantitative estimate of drug-likeness (QED) is 0.623. The highest BCUT2D eigenvalue weighted by molar-refractivity contribution is 9.10. The normalized spacial score (nSPS) is 27.3. The van der Waals surface area contributed by atoms with Crippen LogP contribution in [-0.4, -0.2) is 37.8 Å². The molecule has 3 atom stereocenters. The van der Waals surface area contributed by atoms with Crippen LogP contribution in [0.15, 0.2) is 33.7 Å². The summed E-state index contributed by atoms with van der Waals surface area (Å²) in [6.07, 6.45) is 4.28. The Balaban J connectivity index is 1.58. The topological polar surface area (TPSA) is 45.7 Å². The van der Waals surface area contributed by atoms with Crippen LogP contribution in [0.5, 0.6) is 0 Å². The van der Waals surface area contributed by atoms with E-state index < -0.39 is 0 Å². The fourth-order valence-corrected chi connectivity index (χ4v) is 4.39. The number of aliphatic imine (C=N–C) groups is 1. The fraction of sp³-hybridized carbons (Fsp3) is 0.611. The second-order valence-electron chi connectivity index (χ2n) is 7.15. The predicted molar refractivity (Wildman–Crippen MR) is 98.0 cm³/mol. The molecule has 2 heterocycles. The van der Waals surface area contributed by atoms with E-state index in [0.29, 0.717) is 18.2 Å². The molecule has 4 nitrogen and oxygen atoms in total. The lowest BCUT2D eigenvalue weighted by Gasteiger charge is -2.29. The van der Waals surface area contributed by atoms with Gasteiger partial charge in [-0.2, -0.15) is 0 Å². The zero-order valence-electron chi connectivity index (χ0n) is 14.1. The van der Waals surface area contributed by atoms with Gasteiger partial charge in [-0.15, -0.1) is 0 Å². The average Bonchev–Trinajstić information content (AvgIpc) is 3.14. The van der Waals surface area contributed by atoms with Crippen LogP contribution in [0.4, 0.5) is 0 Å². The van der Waals surface area contributed by atoms with E-state index in [0.717, 1.165) is 23.4 Å². The first-order valence-corrected chi connectivity index (χ1v) is 9.16. The van der Waals surface area contributed by atoms with E-state index in [1.807, 2.05) is 13.1 Å². The zero-order chi connectivity index (χ0) is 16.4. The van der Waals surface area contributed by atoms with Crippen molar-refractivity contribution in [3.05, 3.63) is 34.3 Å². The highest BCUT2D eigenvalue weighted by Gasteiger charge is 2.41. The van der Waals surface area contributed by atoms with Crippen molar-refractivity contribution in [2.24, 2.45) is 4.99 Å². The lowest BCUT2D eigenvalue weighted by molar-refractivity contribution is 0.0992. The number of nitrogens with zero attached hydrogens (tertiary/aromatic N) is 1. The molecule has 0 saturated carbocycles. The number of guanidine groups is 1. The summed E-state index contributed by atoms with van der Waals surface area (Å²) in [5.74, 6) is 0.867. The third-order valence-corrected chi connectivity index (χ3v) is 5.64. The van der Waals surface area contributed by atoms with Gasteiger partial charge in [-0.05, 0) is 30.9 Å². The summed E-state index contributed by atoms with van der Waals surface area (Å²) in [4.78, 5) is 4.38. The minimum Gasteiger partial charge on any atom is -0.373 e. The van der Waals surface area contributed by atoms with Crippen LogP contribution in [0.25, 0.3) is 0 Å². The molecule has 2 bridgehead atoms. The lowest BCUT2D eigenvalue weighted by Crippen LogP contribution is -2.49. The van der Waals surface area contributed by atoms with Crippen molar-refractivity contribution in [1.29, 1.82) is 0 Å². The van der Waals surface area contributed by atoms with Gasteiger partial charge in [0.15, 0.2) is 5.96 Å². The maximum atomic E-state index is 5.91. The Morgan fingerprint density at radius 2 is 2.13 bits per heavy atom. The van der Waals surface area contributed by atoms with Crippen LogP contribution in [0.1, 0.15) is 38.7 Å². The summed E-state index contributed by atoms with van der Waals surface area (Å²) >= 11 is 3.66. The smallest absolute Gasteiger partial charge is 0.191 e. The van der Waals surface area contributed by atoms with Gasteiger partial charge in [0.25, 0.3) is 0 Å². The Labute approximate surface area is 147 Å². The van der Waals surface area contributed by atoms with Gasteiger partial charge in [-0.1, -0.05) is 48.0 Å². The van der Waals surface area contributed by atoms with E-state index in [9.17, 15) is 0 Å². The van der Waals surface area contributed by atoms with Crippen LogP contribution >= 0.6 is 15.9 Å². The molecule has 1 aromatic carbocycles. The summed E-state index contributed by atoms with van der Waals surface area (Å²) in [5.41, 5.74) is 1.30. The molecule has 23 heavy (non-hydrogen) atoms. The highest BCUT2D eigenvalue weighted by atomic mass is 79.9. The Morgan fingerprint density at radius 1 is 1.35 bits per heavy atom. The Kier molecular flexibility index (Phi) is 4.97. The van der Waals surface area contributed by atoms with E-state index in [1.165, 1.54) is 18.4 Å². The molecule has 1 aromatic rings. The van der Waals surface area contributed by atoms with Crippen molar-refractivity contribution in [3.63, 3.8) is 0 Å². The molecule has 0 amide bonds. The van der Waals surface area contributed by atoms with Crippen LogP contribution in [0.3, 0.4) is 0 Å². The van der Waals surface area contributed by atoms with E-state index in [1.54, 1.807) is 0 Å². The van der Waals surface area contributed by atoms with Gasteiger partial charge >= 0.3 is 0 Å². The van der Waals surface area contributed by atoms with E-state index in [-0.39, 0.29) is 5.41 Å². The third kappa shape index (κ3) is 3.72. The molecule has 2 saturated heterocycles. The molecule has 2 N–H and O–H groups in total. The number of hydrogen-bond acceptors (Lipinski definition) is 2. The van der Waals surface area contributed by atoms with Crippen molar-refractivity contribution in [3.8, 4) is 0 Å². The van der Waals surface area contributed by atoms with Crippen molar-refractivity contribution in [1.82, 2.24) is 10.6 Å². The molecule has 3 rings (SSSR count). The highest BCUT2D eigenvalue weighted by Crippen LogP contribution is 2.34. The van der Waals surface area contributed by atoms with Gasteiger partial charge in [-0.3, -0.25) is 4.99 Å². The number of nitrogens with one attached hydrogen (secondary N) is 2. The van der Waals surface area contributed by atoms with Crippen LogP contribution < -0.4 is 10.6 Å². The predicted octanol–water partition coefficient (Wildman–Crippen LogP) is 3.21. The molecule has 2 fully saturated rings. The first-order chi connectivity index (χ1) is 11.0. The maximum Gasteiger partial charge on any atom is 0.191 e. The number of halogens is 1. The monoisotopic (exact) mass is 379 g/mol. The zero-order valence-corrected chi connectivity index (χ0v) is 15.7. The van der Waals surface area contributed by atoms with Crippen molar-refractivity contribution in [2.75, 3.05) is 13.6 Å². The standard InChI is InChI=1S/C18H26BrN3O/c1-18(2,13-6-4-5-7-14(13)19)11-21-17(20-3)22-15-10-12-8-9-16(15)23-12/h4-7,12,15-16H,8-11H2,1-3H3,(H2,20,21,22). The summed E-state index contributed by atoms with van der Waals surface area (Å²) in [6, 6.07) is 8.79. The fourth-order valence-electron chi connectivity index (χ4n) is 3.57. The van der Waals surface area contributed by atoms with Crippen LogP contribution in [0.2, 0.25) is 0 Å². The first-order valence-electron chi connectivity index (χ1n) is 8.37. The molecular formula is C18H26BrN3O. The van der Waals surface area contributed by atoms with Crippen molar-refractivity contribution >= 4 is 21.9 Å². The summed E-state index contributed by atoms with van der Waals surface area (Å²) in [6.45, 7) is 5.30. The minimum absolute atomic E-state index is 0.00287. The Morgan fingerprint density at radius 3 is 2.74 bits per heavy atom. The Bertz CT molecular complexity index is 587. The van der Waals surface area contributed by atoms with Gasteiger partial charge in [-0.25, -0.2) is 0 Å². The summed E-state index contributed by atoms with van der Waals surface area (Å²) < 4.78 is 7.06. The minimum atomic E-state index is 0.00287. The summed E-state index contributed by atoms with van der Waals surface area (Å²) in [7, 11) is 1.83. The number of fused-ring (bicyclic) bond motifs is 2. The molecule has 126 valence electrons. The lowest BCUT2D eigenvalue weighted by atomic mass is 9.84. The van der Waals surface area contributed by atoms with Gasteiger partial charge < -0.3 is 15.4 Å². The largest absolute Gasteiger partial charge is 0.373 e. The van der Waals surface area contributed by atoms with E-state index >= 15 is 0 Å². The van der Waals surface area contributed by atoms with Crippen LogP contribution in [-0.2, 0) is 10.2 Å². The summed E-state index contributed by atoms with van der Waals surface area (Å²) in [5, 5.41) is 7.02. The van der Waals surface area contributed by atoms with Crippen molar-refractivity contribution in [2.45, 2.75) is 56.8 Å². The van der Waals surface area contributed by atoms with Gasteiger partial charge in [0.2, 0.25) is 0 Å². The number of ether oxygens (including phenoxy) is 1. The Hall–Kier alpha value is -1.07. The average molecular weight is 380 g/mol. The second-order valence-corrected chi connectivity index (χ2v) is 8.00. The second kappa shape index (κ2) is 6.81. The molecule has 5 heteroatoms. The molecular weight excluding hydrogens is 354 g/mol. The number of benzene rings is 1. The molecule has 3 unspecified atom stereocenters. The van der Waals surface area contributed by atoms with Gasteiger partial charge in [0.05, 0.1) is 18.2 Å². The van der Waals surface area contributed by atoms with E-state index in [2.05, 4.69) is 63.6 Å². The molecule has 0 spiro atoms. The number of rotatable bonds is 4. The first kappa shape index (κ1) is 16.8. The molecule has 0 aromatic heterocycles. The van der Waals surface area contributed by atoms with Gasteiger partial charge in [0, 0.05) is 23.5 Å². The maximum absolute atomic E-state index is 5.91. The molecule has 2 aliphatic rings. The SMILES string of the molecule is CN=C(NCC(C)(C)c1ccccc1Br)NC1CC2CCC1O2. The van der Waals surface area contributed by atoms with Crippen LogP contribution in [0, 0.1) is 0 Å². The van der Waals surface area contributed by atoms with E-state index in [4.69, 9.17) is 4.74 Å². The third-order valence-electron chi connectivity index (χ3n) is 4.95. The molecule has 0 aliphatic carbocycles.